The van der Waals surface area contributed by atoms with Gasteiger partial charge in [-0.1, -0.05) is 11.6 Å². The molecule has 0 fully saturated rings. The molecule has 130 valence electrons. The SMILES string of the molecule is O=C(COC(=O)c1cc(Cl)ccc1[N+](=O)[O-])Nc1cc(F)ccc1F. The van der Waals surface area contributed by atoms with Crippen molar-refractivity contribution in [2.75, 3.05) is 11.9 Å². The van der Waals surface area contributed by atoms with Gasteiger partial charge in [-0.15, -0.1) is 0 Å². The Labute approximate surface area is 144 Å². The Morgan fingerprint density at radius 2 is 1.92 bits per heavy atom. The Balaban J connectivity index is 2.05. The lowest BCUT2D eigenvalue weighted by atomic mass is 10.2. The van der Waals surface area contributed by atoms with E-state index in [1.807, 2.05) is 5.32 Å². The molecule has 0 heterocycles. The molecular weight excluding hydrogens is 362 g/mol. The van der Waals surface area contributed by atoms with Crippen molar-refractivity contribution < 1.29 is 28.0 Å². The highest BCUT2D eigenvalue weighted by Gasteiger charge is 2.22. The number of esters is 1. The number of benzene rings is 2. The lowest BCUT2D eigenvalue weighted by Gasteiger charge is -2.08. The number of anilines is 1. The van der Waals surface area contributed by atoms with Crippen LogP contribution >= 0.6 is 11.6 Å². The van der Waals surface area contributed by atoms with Crippen LogP contribution in [-0.4, -0.2) is 23.4 Å². The highest BCUT2D eigenvalue weighted by Crippen LogP contribution is 2.23. The topological polar surface area (TPSA) is 98.5 Å². The fraction of sp³-hybridized carbons (Fsp3) is 0.0667. The fourth-order valence-corrected chi connectivity index (χ4v) is 1.99. The van der Waals surface area contributed by atoms with Gasteiger partial charge in [-0.05, 0) is 24.3 Å². The van der Waals surface area contributed by atoms with Crippen LogP contribution in [0.5, 0.6) is 0 Å². The standard InChI is InChI=1S/C15H9ClF2N2O5/c16-8-1-4-13(20(23)24)10(5-8)15(22)25-7-14(21)19-12-6-9(17)2-3-11(12)18/h1-6H,7H2,(H,19,21). The molecule has 2 aromatic rings. The summed E-state index contributed by atoms with van der Waals surface area (Å²) in [5.74, 6) is -3.78. The molecule has 25 heavy (non-hydrogen) atoms. The molecule has 0 saturated carbocycles. The van der Waals surface area contributed by atoms with Crippen molar-refractivity contribution in [3.05, 3.63) is 68.7 Å². The number of nitrogens with zero attached hydrogens (tertiary/aromatic N) is 1. The normalized spacial score (nSPS) is 10.2. The molecule has 0 bridgehead atoms. The van der Waals surface area contributed by atoms with E-state index < -0.39 is 52.0 Å². The van der Waals surface area contributed by atoms with E-state index >= 15 is 0 Å². The number of carbonyl (C=O) groups is 2. The third-order valence-corrected chi connectivity index (χ3v) is 3.15. The van der Waals surface area contributed by atoms with Gasteiger partial charge in [0.25, 0.3) is 11.6 Å². The first-order chi connectivity index (χ1) is 11.8. The second kappa shape index (κ2) is 7.67. The number of amides is 1. The van der Waals surface area contributed by atoms with E-state index in [2.05, 4.69) is 4.74 Å². The van der Waals surface area contributed by atoms with Crippen molar-refractivity contribution in [3.63, 3.8) is 0 Å². The van der Waals surface area contributed by atoms with Crippen LogP contribution in [-0.2, 0) is 9.53 Å². The minimum atomic E-state index is -1.16. The summed E-state index contributed by atoms with van der Waals surface area (Å²) in [6.45, 7) is -0.863. The van der Waals surface area contributed by atoms with Crippen molar-refractivity contribution in [3.8, 4) is 0 Å². The number of hydrogen-bond donors (Lipinski definition) is 1. The van der Waals surface area contributed by atoms with E-state index in [0.717, 1.165) is 30.3 Å². The first kappa shape index (κ1) is 18.3. The van der Waals surface area contributed by atoms with Gasteiger partial charge in [0.2, 0.25) is 0 Å². The van der Waals surface area contributed by atoms with Crippen LogP contribution in [0.3, 0.4) is 0 Å². The Morgan fingerprint density at radius 3 is 2.60 bits per heavy atom. The number of nitro groups is 1. The summed E-state index contributed by atoms with van der Waals surface area (Å²) in [7, 11) is 0. The van der Waals surface area contributed by atoms with Gasteiger partial charge in [0, 0.05) is 17.2 Å². The van der Waals surface area contributed by atoms with Crippen molar-refractivity contribution in [1.29, 1.82) is 0 Å². The number of carbonyl (C=O) groups excluding carboxylic acids is 2. The van der Waals surface area contributed by atoms with E-state index in [4.69, 9.17) is 11.6 Å². The third kappa shape index (κ3) is 4.70. The quantitative estimate of drug-likeness (QED) is 0.494. The molecule has 1 amide bonds. The van der Waals surface area contributed by atoms with Gasteiger partial charge in [-0.2, -0.15) is 0 Å². The highest BCUT2D eigenvalue weighted by molar-refractivity contribution is 6.31. The smallest absolute Gasteiger partial charge is 0.345 e. The summed E-state index contributed by atoms with van der Waals surface area (Å²) in [5, 5.41) is 13.0. The molecule has 0 atom stereocenters. The number of rotatable bonds is 5. The maximum atomic E-state index is 13.4. The predicted octanol–water partition coefficient (Wildman–Crippen LogP) is 3.32. The largest absolute Gasteiger partial charge is 0.452 e. The van der Waals surface area contributed by atoms with Gasteiger partial charge in [0.1, 0.15) is 17.2 Å². The Morgan fingerprint density at radius 1 is 1.20 bits per heavy atom. The average molecular weight is 371 g/mol. The van der Waals surface area contributed by atoms with Gasteiger partial charge in [-0.25, -0.2) is 13.6 Å². The molecule has 0 aromatic heterocycles. The van der Waals surface area contributed by atoms with Gasteiger partial charge in [0.05, 0.1) is 10.6 Å². The van der Waals surface area contributed by atoms with Gasteiger partial charge in [-0.3, -0.25) is 14.9 Å². The van der Waals surface area contributed by atoms with Crippen LogP contribution in [0, 0.1) is 21.7 Å². The molecule has 0 radical (unpaired) electrons. The van der Waals surface area contributed by atoms with Crippen LogP contribution in [0.1, 0.15) is 10.4 Å². The summed E-state index contributed by atoms with van der Waals surface area (Å²) in [4.78, 5) is 33.6. The lowest BCUT2D eigenvalue weighted by molar-refractivity contribution is -0.385. The summed E-state index contributed by atoms with van der Waals surface area (Å²) >= 11 is 5.68. The second-order valence-corrected chi connectivity index (χ2v) is 5.10. The van der Waals surface area contributed by atoms with Crippen molar-refractivity contribution >= 4 is 34.9 Å². The van der Waals surface area contributed by atoms with Crippen LogP contribution in [0.4, 0.5) is 20.2 Å². The number of hydrogen-bond acceptors (Lipinski definition) is 5. The van der Waals surface area contributed by atoms with Crippen molar-refractivity contribution in [2.24, 2.45) is 0 Å². The first-order valence-electron chi connectivity index (χ1n) is 6.64. The van der Waals surface area contributed by atoms with Crippen molar-refractivity contribution in [1.82, 2.24) is 0 Å². The Hall–Kier alpha value is -3.07. The van der Waals surface area contributed by atoms with E-state index in [9.17, 15) is 28.5 Å². The number of halogens is 3. The van der Waals surface area contributed by atoms with E-state index in [1.165, 1.54) is 6.07 Å². The lowest BCUT2D eigenvalue weighted by Crippen LogP contribution is -2.22. The number of nitrogens with one attached hydrogen (secondary N) is 1. The summed E-state index contributed by atoms with van der Waals surface area (Å²) in [6, 6.07) is 5.68. The summed E-state index contributed by atoms with van der Waals surface area (Å²) < 4.78 is 31.1. The maximum absolute atomic E-state index is 13.4. The molecule has 2 aromatic carbocycles. The molecule has 10 heteroatoms. The first-order valence-corrected chi connectivity index (χ1v) is 7.01. The summed E-state index contributed by atoms with van der Waals surface area (Å²) in [6.07, 6.45) is 0. The second-order valence-electron chi connectivity index (χ2n) is 4.67. The van der Waals surface area contributed by atoms with Crippen LogP contribution in [0.25, 0.3) is 0 Å². The average Bonchev–Trinajstić information content (AvgIpc) is 2.55. The minimum Gasteiger partial charge on any atom is -0.452 e. The minimum absolute atomic E-state index is 0.0591. The van der Waals surface area contributed by atoms with E-state index in [1.54, 1.807) is 0 Å². The maximum Gasteiger partial charge on any atom is 0.345 e. The molecule has 0 spiro atoms. The molecule has 0 aliphatic rings. The van der Waals surface area contributed by atoms with Crippen LogP contribution in [0.2, 0.25) is 5.02 Å². The zero-order valence-electron chi connectivity index (χ0n) is 12.3. The molecule has 0 saturated heterocycles. The Bertz CT molecular complexity index is 860. The van der Waals surface area contributed by atoms with Gasteiger partial charge in [0.15, 0.2) is 6.61 Å². The molecular formula is C15H9ClF2N2O5. The third-order valence-electron chi connectivity index (χ3n) is 2.91. The zero-order chi connectivity index (χ0) is 18.6. The fourth-order valence-electron chi connectivity index (χ4n) is 1.82. The number of ether oxygens (including phenoxy) is 1. The van der Waals surface area contributed by atoms with Crippen LogP contribution in [0.15, 0.2) is 36.4 Å². The molecule has 0 aliphatic heterocycles. The summed E-state index contributed by atoms with van der Waals surface area (Å²) in [5.41, 5.74) is -1.43. The monoisotopic (exact) mass is 370 g/mol. The number of nitro benzene ring substituents is 1. The zero-order valence-corrected chi connectivity index (χ0v) is 13.0. The van der Waals surface area contributed by atoms with E-state index in [-0.39, 0.29) is 5.02 Å². The van der Waals surface area contributed by atoms with Gasteiger partial charge < -0.3 is 10.1 Å². The van der Waals surface area contributed by atoms with Crippen LogP contribution < -0.4 is 5.32 Å². The molecule has 2 rings (SSSR count). The molecule has 0 aliphatic carbocycles. The Kier molecular flexibility index (Phi) is 5.60. The van der Waals surface area contributed by atoms with Crippen molar-refractivity contribution in [2.45, 2.75) is 0 Å². The molecule has 7 nitrogen and oxygen atoms in total. The molecule has 1 N–H and O–H groups in total. The predicted molar refractivity (Wildman–Crippen MR) is 83.4 cm³/mol. The van der Waals surface area contributed by atoms with E-state index in [0.29, 0.717) is 0 Å². The highest BCUT2D eigenvalue weighted by atomic mass is 35.5. The van der Waals surface area contributed by atoms with Gasteiger partial charge >= 0.3 is 5.97 Å². The molecule has 0 unspecified atom stereocenters.